The molecule has 3 nitrogen and oxygen atoms in total. The van der Waals surface area contributed by atoms with E-state index >= 15 is 0 Å². The fourth-order valence-corrected chi connectivity index (χ4v) is 1.28. The van der Waals surface area contributed by atoms with Crippen LogP contribution in [0.2, 0.25) is 0 Å². The van der Waals surface area contributed by atoms with Gasteiger partial charge in [0, 0.05) is 24.5 Å². The maximum Gasteiger partial charge on any atom is 0.251 e. The van der Waals surface area contributed by atoms with E-state index in [9.17, 15) is 4.79 Å². The van der Waals surface area contributed by atoms with Crippen molar-refractivity contribution in [2.45, 2.75) is 6.54 Å². The standard InChI is InChI=1S/C13H10N2O/c16-13(12-6-2-1-3-7-12)15-10-11-5-4-8-14-9-11/h2,4-9H,10H2,(H,15,16). The van der Waals surface area contributed by atoms with Gasteiger partial charge in [0.05, 0.1) is 0 Å². The van der Waals surface area contributed by atoms with Crippen molar-refractivity contribution in [2.75, 3.05) is 0 Å². The van der Waals surface area contributed by atoms with Crippen molar-refractivity contribution < 1.29 is 4.79 Å². The first-order valence-corrected chi connectivity index (χ1v) is 4.91. The van der Waals surface area contributed by atoms with Gasteiger partial charge in [0.2, 0.25) is 0 Å². The lowest BCUT2D eigenvalue weighted by Gasteiger charge is -2.04. The first-order chi connectivity index (χ1) is 7.86. The minimum atomic E-state index is -0.117. The normalized spacial score (nSPS) is 9.75. The van der Waals surface area contributed by atoms with Crippen molar-refractivity contribution >= 4 is 5.91 Å². The Hall–Kier alpha value is -2.16. The maximum absolute atomic E-state index is 11.7. The molecule has 0 fully saturated rings. The summed E-state index contributed by atoms with van der Waals surface area (Å²) in [5, 5.41) is 2.80. The number of hydrogen-bond acceptors (Lipinski definition) is 2. The quantitative estimate of drug-likeness (QED) is 0.836. The number of nitrogens with one attached hydrogen (secondary N) is 1. The second-order valence-electron chi connectivity index (χ2n) is 3.27. The summed E-state index contributed by atoms with van der Waals surface area (Å²) in [6, 6.07) is 14.2. The highest BCUT2D eigenvalue weighted by molar-refractivity contribution is 5.93. The molecule has 2 radical (unpaired) electrons. The van der Waals surface area contributed by atoms with Gasteiger partial charge < -0.3 is 5.32 Å². The number of amides is 1. The number of carbonyl (C=O) groups is 1. The molecule has 0 atom stereocenters. The second kappa shape index (κ2) is 5.07. The molecule has 0 aliphatic carbocycles. The van der Waals surface area contributed by atoms with Gasteiger partial charge in [0.25, 0.3) is 5.91 Å². The van der Waals surface area contributed by atoms with Crippen LogP contribution in [0, 0.1) is 12.1 Å². The monoisotopic (exact) mass is 210 g/mol. The van der Waals surface area contributed by atoms with Crippen molar-refractivity contribution in [3.05, 3.63) is 66.0 Å². The van der Waals surface area contributed by atoms with Crippen molar-refractivity contribution in [2.24, 2.45) is 0 Å². The Morgan fingerprint density at radius 2 is 2.31 bits per heavy atom. The van der Waals surface area contributed by atoms with Crippen LogP contribution in [0.3, 0.4) is 0 Å². The molecular weight excluding hydrogens is 200 g/mol. The average Bonchev–Trinajstić information content (AvgIpc) is 2.38. The van der Waals surface area contributed by atoms with Gasteiger partial charge in [-0.05, 0) is 35.9 Å². The lowest BCUT2D eigenvalue weighted by molar-refractivity contribution is 0.0951. The third-order valence-corrected chi connectivity index (χ3v) is 2.10. The SMILES string of the molecule is O=C(NCc1cccnc1)c1c[c][c]cc1. The Morgan fingerprint density at radius 3 is 3.00 bits per heavy atom. The summed E-state index contributed by atoms with van der Waals surface area (Å²) >= 11 is 0. The van der Waals surface area contributed by atoms with Crippen molar-refractivity contribution in [1.82, 2.24) is 10.3 Å². The minimum absolute atomic E-state index is 0.117. The van der Waals surface area contributed by atoms with E-state index in [0.29, 0.717) is 12.1 Å². The molecule has 3 heteroatoms. The molecule has 0 bridgehead atoms. The van der Waals surface area contributed by atoms with E-state index in [-0.39, 0.29) is 5.91 Å². The molecule has 0 unspecified atom stereocenters. The predicted molar refractivity (Wildman–Crippen MR) is 59.5 cm³/mol. The largest absolute Gasteiger partial charge is 0.348 e. The molecule has 0 aliphatic rings. The lowest BCUT2D eigenvalue weighted by atomic mass is 10.2. The molecule has 1 amide bonds. The number of aromatic nitrogens is 1. The zero-order valence-corrected chi connectivity index (χ0v) is 8.60. The first kappa shape index (κ1) is 10.4. The zero-order valence-electron chi connectivity index (χ0n) is 8.60. The molecule has 78 valence electrons. The highest BCUT2D eigenvalue weighted by atomic mass is 16.1. The molecule has 0 spiro atoms. The van der Waals surface area contributed by atoms with E-state index in [0.717, 1.165) is 5.56 Å². The van der Waals surface area contributed by atoms with E-state index < -0.39 is 0 Å². The summed E-state index contributed by atoms with van der Waals surface area (Å²) in [5.41, 5.74) is 1.56. The smallest absolute Gasteiger partial charge is 0.251 e. The van der Waals surface area contributed by atoms with E-state index in [1.165, 1.54) is 0 Å². The molecule has 2 rings (SSSR count). The number of rotatable bonds is 3. The third-order valence-electron chi connectivity index (χ3n) is 2.10. The van der Waals surface area contributed by atoms with Crippen molar-refractivity contribution in [3.8, 4) is 0 Å². The van der Waals surface area contributed by atoms with Gasteiger partial charge in [-0.25, -0.2) is 0 Å². The molecular formula is C13H10N2O. The summed E-state index contributed by atoms with van der Waals surface area (Å²) in [7, 11) is 0. The zero-order chi connectivity index (χ0) is 11.2. The highest BCUT2D eigenvalue weighted by Gasteiger charge is 2.03. The summed E-state index contributed by atoms with van der Waals surface area (Å²) in [6.45, 7) is 0.477. The van der Waals surface area contributed by atoms with E-state index in [1.54, 1.807) is 30.6 Å². The molecule has 0 aliphatic heterocycles. The van der Waals surface area contributed by atoms with Crippen LogP contribution in [0.25, 0.3) is 0 Å². The molecule has 1 heterocycles. The molecule has 1 aromatic carbocycles. The number of hydrogen-bond donors (Lipinski definition) is 1. The fourth-order valence-electron chi connectivity index (χ4n) is 1.28. The number of nitrogens with zero attached hydrogens (tertiary/aromatic N) is 1. The van der Waals surface area contributed by atoms with Crippen LogP contribution in [-0.2, 0) is 6.54 Å². The van der Waals surface area contributed by atoms with Crippen LogP contribution in [0.15, 0.2) is 42.7 Å². The predicted octanol–water partition coefficient (Wildman–Crippen LogP) is 1.61. The van der Waals surface area contributed by atoms with Crippen molar-refractivity contribution in [1.29, 1.82) is 0 Å². The Bertz CT molecular complexity index is 454. The molecule has 16 heavy (non-hydrogen) atoms. The molecule has 2 aromatic rings. The lowest BCUT2D eigenvalue weighted by Crippen LogP contribution is -2.22. The van der Waals surface area contributed by atoms with Gasteiger partial charge in [-0.3, -0.25) is 9.78 Å². The first-order valence-electron chi connectivity index (χ1n) is 4.91. The molecule has 0 saturated carbocycles. The minimum Gasteiger partial charge on any atom is -0.348 e. The van der Waals surface area contributed by atoms with Gasteiger partial charge >= 0.3 is 0 Å². The van der Waals surface area contributed by atoms with Gasteiger partial charge in [-0.15, -0.1) is 0 Å². The second-order valence-corrected chi connectivity index (χ2v) is 3.27. The molecule has 1 N–H and O–H groups in total. The third kappa shape index (κ3) is 2.67. The van der Waals surface area contributed by atoms with E-state index in [4.69, 9.17) is 0 Å². The number of carbonyl (C=O) groups excluding carboxylic acids is 1. The fraction of sp³-hybridized carbons (Fsp3) is 0.0769. The van der Waals surface area contributed by atoms with E-state index in [2.05, 4.69) is 22.4 Å². The molecule has 1 aromatic heterocycles. The summed E-state index contributed by atoms with van der Waals surface area (Å²) in [5.74, 6) is -0.117. The number of pyridine rings is 1. The Kier molecular flexibility index (Phi) is 3.28. The average molecular weight is 210 g/mol. The van der Waals surface area contributed by atoms with Crippen LogP contribution in [0.4, 0.5) is 0 Å². The number of benzene rings is 1. The van der Waals surface area contributed by atoms with Crippen molar-refractivity contribution in [3.63, 3.8) is 0 Å². The summed E-state index contributed by atoms with van der Waals surface area (Å²) < 4.78 is 0. The van der Waals surface area contributed by atoms with Crippen LogP contribution in [0.1, 0.15) is 15.9 Å². The maximum atomic E-state index is 11.7. The van der Waals surface area contributed by atoms with Gasteiger partial charge in [-0.1, -0.05) is 12.1 Å². The topological polar surface area (TPSA) is 42.0 Å². The van der Waals surface area contributed by atoms with Gasteiger partial charge in [-0.2, -0.15) is 0 Å². The van der Waals surface area contributed by atoms with Crippen LogP contribution in [0.5, 0.6) is 0 Å². The van der Waals surface area contributed by atoms with Gasteiger partial charge in [0.15, 0.2) is 0 Å². The van der Waals surface area contributed by atoms with Crippen LogP contribution < -0.4 is 5.32 Å². The van der Waals surface area contributed by atoms with E-state index in [1.807, 2.05) is 12.1 Å². The molecule has 0 saturated heterocycles. The van der Waals surface area contributed by atoms with Crippen LogP contribution >= 0.6 is 0 Å². The Balaban J connectivity index is 1.95. The summed E-state index contributed by atoms with van der Waals surface area (Å²) in [6.07, 6.45) is 3.43. The Morgan fingerprint density at radius 1 is 1.38 bits per heavy atom. The van der Waals surface area contributed by atoms with Gasteiger partial charge in [0.1, 0.15) is 0 Å². The summed E-state index contributed by atoms with van der Waals surface area (Å²) in [4.78, 5) is 15.6. The van der Waals surface area contributed by atoms with Crippen LogP contribution in [-0.4, -0.2) is 10.9 Å². The highest BCUT2D eigenvalue weighted by Crippen LogP contribution is 1.99. The Labute approximate surface area is 94.1 Å².